The third-order valence-corrected chi connectivity index (χ3v) is 2.13. The molecule has 1 unspecified atom stereocenters. The first-order chi connectivity index (χ1) is 7.99. The van der Waals surface area contributed by atoms with Crippen LogP contribution in [-0.4, -0.2) is 24.6 Å². The van der Waals surface area contributed by atoms with Gasteiger partial charge in [0.05, 0.1) is 12.6 Å². The second kappa shape index (κ2) is 7.89. The van der Waals surface area contributed by atoms with Gasteiger partial charge in [0.15, 0.2) is 0 Å². The zero-order valence-corrected chi connectivity index (χ0v) is 11.2. The highest BCUT2D eigenvalue weighted by atomic mass is 35.5. The topological polar surface area (TPSA) is 64.4 Å². The molecule has 3 N–H and O–H groups in total. The third kappa shape index (κ3) is 5.84. The Morgan fingerprint density at radius 3 is 2.44 bits per heavy atom. The lowest BCUT2D eigenvalue weighted by molar-refractivity contribution is -0.122. The Morgan fingerprint density at radius 2 is 1.94 bits per heavy atom. The quantitative estimate of drug-likeness (QED) is 0.856. The fraction of sp³-hybridized carbons (Fsp3) is 0.417. The molecule has 6 heteroatoms. The van der Waals surface area contributed by atoms with Crippen molar-refractivity contribution in [3.05, 3.63) is 30.1 Å². The van der Waals surface area contributed by atoms with Crippen LogP contribution < -0.4 is 15.8 Å². The molecule has 0 spiro atoms. The van der Waals surface area contributed by atoms with Crippen molar-refractivity contribution in [1.29, 1.82) is 0 Å². The Kier molecular flexibility index (Phi) is 7.31. The highest BCUT2D eigenvalue weighted by Crippen LogP contribution is 2.12. The molecule has 0 heterocycles. The van der Waals surface area contributed by atoms with Gasteiger partial charge in [-0.15, -0.1) is 12.4 Å². The summed E-state index contributed by atoms with van der Waals surface area (Å²) in [5.74, 6) is 0.0313. The summed E-state index contributed by atoms with van der Waals surface area (Å²) < 4.78 is 18.1. The molecule has 0 bridgehead atoms. The molecule has 0 aliphatic carbocycles. The molecule has 0 aliphatic rings. The molecule has 0 saturated heterocycles. The number of nitrogens with one attached hydrogen (secondary N) is 1. The van der Waals surface area contributed by atoms with Crippen LogP contribution in [0.25, 0.3) is 0 Å². The smallest absolute Gasteiger partial charge is 0.236 e. The largest absolute Gasteiger partial charge is 0.489 e. The molecular weight excluding hydrogens is 259 g/mol. The van der Waals surface area contributed by atoms with Crippen LogP contribution in [0.3, 0.4) is 0 Å². The van der Waals surface area contributed by atoms with Crippen LogP contribution in [0.15, 0.2) is 24.3 Å². The molecule has 0 saturated carbocycles. The van der Waals surface area contributed by atoms with E-state index < -0.39 is 6.04 Å². The Bertz CT molecular complexity index is 371. The van der Waals surface area contributed by atoms with Crippen molar-refractivity contribution < 1.29 is 13.9 Å². The highest BCUT2D eigenvalue weighted by Gasteiger charge is 2.09. The minimum atomic E-state index is -0.534. The van der Waals surface area contributed by atoms with E-state index in [2.05, 4.69) is 5.32 Å². The molecule has 102 valence electrons. The summed E-state index contributed by atoms with van der Waals surface area (Å²) in [5.41, 5.74) is 5.40. The van der Waals surface area contributed by atoms with E-state index in [1.807, 2.05) is 6.92 Å². The zero-order valence-electron chi connectivity index (χ0n) is 10.4. The molecule has 1 aromatic carbocycles. The van der Waals surface area contributed by atoms with E-state index in [4.69, 9.17) is 10.5 Å². The maximum atomic E-state index is 12.6. The van der Waals surface area contributed by atoms with Gasteiger partial charge in [0.25, 0.3) is 0 Å². The van der Waals surface area contributed by atoms with Crippen LogP contribution in [0.1, 0.15) is 13.8 Å². The predicted octanol–water partition coefficient (Wildman–Crippen LogP) is 1.48. The molecule has 1 rings (SSSR count). The molecule has 0 fully saturated rings. The van der Waals surface area contributed by atoms with Crippen molar-refractivity contribution in [3.63, 3.8) is 0 Å². The minimum absolute atomic E-state index is 0. The summed E-state index contributed by atoms with van der Waals surface area (Å²) in [6.45, 7) is 3.78. The summed E-state index contributed by atoms with van der Waals surface area (Å²) in [7, 11) is 0. The first-order valence-electron chi connectivity index (χ1n) is 5.44. The number of nitrogens with two attached hydrogens (primary N) is 1. The number of ether oxygens (including phenoxy) is 1. The van der Waals surface area contributed by atoms with Gasteiger partial charge in [-0.3, -0.25) is 4.79 Å². The number of halogens is 2. The van der Waals surface area contributed by atoms with E-state index in [9.17, 15) is 9.18 Å². The first kappa shape index (κ1) is 16.7. The Labute approximate surface area is 112 Å². The van der Waals surface area contributed by atoms with Gasteiger partial charge in [0, 0.05) is 0 Å². The monoisotopic (exact) mass is 276 g/mol. The van der Waals surface area contributed by atoms with Crippen molar-refractivity contribution in [1.82, 2.24) is 5.32 Å². The van der Waals surface area contributed by atoms with E-state index in [1.165, 1.54) is 12.1 Å². The van der Waals surface area contributed by atoms with Gasteiger partial charge in [0.2, 0.25) is 5.91 Å². The number of hydrogen-bond donors (Lipinski definition) is 2. The maximum Gasteiger partial charge on any atom is 0.236 e. The standard InChI is InChI=1S/C12H17FN2O2.ClH/c1-8(7-15-12(16)9(2)14)17-11-5-3-10(13)4-6-11;/h3-6,8-9H,7,14H2,1-2H3,(H,15,16);1H/t8?,9-;/m1./s1. The Hall–Kier alpha value is -1.33. The van der Waals surface area contributed by atoms with E-state index in [0.717, 1.165) is 0 Å². The molecule has 0 radical (unpaired) electrons. The molecule has 1 aromatic rings. The molecule has 0 aromatic heterocycles. The van der Waals surface area contributed by atoms with Crippen molar-refractivity contribution >= 4 is 18.3 Å². The second-order valence-corrected chi connectivity index (χ2v) is 3.92. The predicted molar refractivity (Wildman–Crippen MR) is 70.4 cm³/mol. The van der Waals surface area contributed by atoms with Crippen molar-refractivity contribution in [2.75, 3.05) is 6.54 Å². The zero-order chi connectivity index (χ0) is 12.8. The number of carbonyl (C=O) groups is 1. The van der Waals surface area contributed by atoms with E-state index in [0.29, 0.717) is 12.3 Å². The van der Waals surface area contributed by atoms with Gasteiger partial charge in [0.1, 0.15) is 17.7 Å². The maximum absolute atomic E-state index is 12.6. The average Bonchev–Trinajstić information content (AvgIpc) is 2.29. The lowest BCUT2D eigenvalue weighted by atomic mass is 10.3. The minimum Gasteiger partial charge on any atom is -0.489 e. The Balaban J connectivity index is 0.00000289. The summed E-state index contributed by atoms with van der Waals surface area (Å²) in [5, 5.41) is 2.65. The van der Waals surface area contributed by atoms with Gasteiger partial charge < -0.3 is 15.8 Å². The fourth-order valence-electron chi connectivity index (χ4n) is 1.19. The summed E-state index contributed by atoms with van der Waals surface area (Å²) >= 11 is 0. The molecule has 0 aliphatic heterocycles. The number of rotatable bonds is 5. The van der Waals surface area contributed by atoms with Crippen LogP contribution >= 0.6 is 12.4 Å². The van der Waals surface area contributed by atoms with Gasteiger partial charge in [-0.05, 0) is 38.1 Å². The summed E-state index contributed by atoms with van der Waals surface area (Å²) in [6, 6.07) is 5.19. The van der Waals surface area contributed by atoms with E-state index in [1.54, 1.807) is 19.1 Å². The van der Waals surface area contributed by atoms with Crippen molar-refractivity contribution in [3.8, 4) is 5.75 Å². The van der Waals surface area contributed by atoms with Crippen LogP contribution in [-0.2, 0) is 4.79 Å². The van der Waals surface area contributed by atoms with Crippen LogP contribution in [0.2, 0.25) is 0 Å². The highest BCUT2D eigenvalue weighted by molar-refractivity contribution is 5.85. The number of benzene rings is 1. The van der Waals surface area contributed by atoms with Crippen molar-refractivity contribution in [2.45, 2.75) is 26.0 Å². The molecule has 18 heavy (non-hydrogen) atoms. The summed E-state index contributed by atoms with van der Waals surface area (Å²) in [4.78, 5) is 11.2. The van der Waals surface area contributed by atoms with E-state index in [-0.39, 0.29) is 30.2 Å². The molecular formula is C12H18ClFN2O2. The molecule has 4 nitrogen and oxygen atoms in total. The molecule has 2 atom stereocenters. The van der Waals surface area contributed by atoms with Gasteiger partial charge >= 0.3 is 0 Å². The van der Waals surface area contributed by atoms with E-state index >= 15 is 0 Å². The first-order valence-corrected chi connectivity index (χ1v) is 5.44. The van der Waals surface area contributed by atoms with Gasteiger partial charge in [-0.25, -0.2) is 4.39 Å². The number of carbonyl (C=O) groups excluding carboxylic acids is 1. The second-order valence-electron chi connectivity index (χ2n) is 3.92. The Morgan fingerprint density at radius 1 is 1.39 bits per heavy atom. The average molecular weight is 277 g/mol. The lowest BCUT2D eigenvalue weighted by Crippen LogP contribution is -2.42. The number of amides is 1. The SMILES string of the molecule is CC(CNC(=O)[C@@H](C)N)Oc1ccc(F)cc1.Cl. The summed E-state index contributed by atoms with van der Waals surface area (Å²) in [6.07, 6.45) is -0.205. The van der Waals surface area contributed by atoms with Gasteiger partial charge in [-0.1, -0.05) is 0 Å². The van der Waals surface area contributed by atoms with Crippen LogP contribution in [0, 0.1) is 5.82 Å². The van der Waals surface area contributed by atoms with Crippen LogP contribution in [0.5, 0.6) is 5.75 Å². The fourth-order valence-corrected chi connectivity index (χ4v) is 1.19. The molecule has 1 amide bonds. The van der Waals surface area contributed by atoms with Gasteiger partial charge in [-0.2, -0.15) is 0 Å². The van der Waals surface area contributed by atoms with Crippen molar-refractivity contribution in [2.24, 2.45) is 5.73 Å². The van der Waals surface area contributed by atoms with Crippen LogP contribution in [0.4, 0.5) is 4.39 Å². The number of hydrogen-bond acceptors (Lipinski definition) is 3. The third-order valence-electron chi connectivity index (χ3n) is 2.13. The normalized spacial score (nSPS) is 13.1. The lowest BCUT2D eigenvalue weighted by Gasteiger charge is -2.16.